The van der Waals surface area contributed by atoms with Gasteiger partial charge in [0, 0.05) is 23.5 Å². The summed E-state index contributed by atoms with van der Waals surface area (Å²) in [5.41, 5.74) is 6.78. The minimum atomic E-state index is -0.206. The molecule has 3 rings (SSSR count). The lowest BCUT2D eigenvalue weighted by Crippen LogP contribution is -2.44. The summed E-state index contributed by atoms with van der Waals surface area (Å²) in [6.45, 7) is 0. The number of thiazole rings is 1. The van der Waals surface area contributed by atoms with Gasteiger partial charge in [-0.25, -0.2) is 4.98 Å². The molecule has 0 aliphatic heterocycles. The molecule has 112 valence electrons. The Morgan fingerprint density at radius 1 is 1.27 bits per heavy atom. The number of nitrogens with zero attached hydrogens (tertiary/aromatic N) is 2. The van der Waals surface area contributed by atoms with Gasteiger partial charge in [0.15, 0.2) is 10.1 Å². The second-order valence-corrected chi connectivity index (χ2v) is 5.78. The van der Waals surface area contributed by atoms with Crippen LogP contribution in [0, 0.1) is 0 Å². The third-order valence-corrected chi connectivity index (χ3v) is 3.81. The number of carbonyl (C=O) groups is 1. The Labute approximate surface area is 136 Å². The van der Waals surface area contributed by atoms with E-state index in [2.05, 4.69) is 21.2 Å². The molecule has 0 atom stereocenters. The number of rotatable bonds is 3. The lowest BCUT2D eigenvalue weighted by atomic mass is 10.3. The van der Waals surface area contributed by atoms with Gasteiger partial charge in [0.2, 0.25) is 5.91 Å². The maximum Gasteiger partial charge on any atom is 0.244 e. The van der Waals surface area contributed by atoms with E-state index in [4.69, 9.17) is 12.2 Å². The van der Waals surface area contributed by atoms with Gasteiger partial charge in [-0.15, -0.1) is 11.3 Å². The second kappa shape index (κ2) is 6.54. The number of amides is 1. The first-order valence-corrected chi connectivity index (χ1v) is 7.81. The van der Waals surface area contributed by atoms with Crippen LogP contribution in [0.15, 0.2) is 48.1 Å². The fourth-order valence-corrected chi connectivity index (χ4v) is 2.77. The number of hydrogen-bond donors (Lipinski definition) is 3. The molecular formula is C14H13N5OS2. The van der Waals surface area contributed by atoms with E-state index in [1.165, 1.54) is 11.3 Å². The summed E-state index contributed by atoms with van der Waals surface area (Å²) in [5.74, 6) is -0.206. The van der Waals surface area contributed by atoms with E-state index in [1.54, 1.807) is 0 Å². The van der Waals surface area contributed by atoms with E-state index in [1.807, 2.05) is 52.5 Å². The third-order valence-electron chi connectivity index (χ3n) is 2.83. The summed E-state index contributed by atoms with van der Waals surface area (Å²) in [4.78, 5) is 17.1. The number of fused-ring (bicyclic) bond motifs is 1. The molecule has 2 heterocycles. The van der Waals surface area contributed by atoms with Crippen molar-refractivity contribution < 1.29 is 4.79 Å². The molecule has 22 heavy (non-hydrogen) atoms. The lowest BCUT2D eigenvalue weighted by Gasteiger charge is -2.11. The fourth-order valence-electron chi connectivity index (χ4n) is 1.88. The summed E-state index contributed by atoms with van der Waals surface area (Å²) in [6, 6.07) is 9.47. The number of benzene rings is 1. The number of nitrogens with one attached hydrogen (secondary N) is 3. The molecule has 8 heteroatoms. The Hall–Kier alpha value is -2.45. The minimum Gasteiger partial charge on any atom is -0.331 e. The van der Waals surface area contributed by atoms with Crippen molar-refractivity contribution in [3.8, 4) is 0 Å². The van der Waals surface area contributed by atoms with E-state index < -0.39 is 0 Å². The molecule has 0 saturated heterocycles. The first-order chi connectivity index (χ1) is 10.7. The highest BCUT2D eigenvalue weighted by molar-refractivity contribution is 7.80. The van der Waals surface area contributed by atoms with Gasteiger partial charge < -0.3 is 5.32 Å². The first kappa shape index (κ1) is 14.5. The third kappa shape index (κ3) is 3.60. The molecule has 0 fully saturated rings. The van der Waals surface area contributed by atoms with E-state index in [0.29, 0.717) is 10.8 Å². The zero-order chi connectivity index (χ0) is 15.4. The minimum absolute atomic E-state index is 0.190. The molecule has 0 aliphatic carbocycles. The Balaban J connectivity index is 1.47. The summed E-state index contributed by atoms with van der Waals surface area (Å²) < 4.78 is 1.89. The topological polar surface area (TPSA) is 70.5 Å². The number of para-hydroxylation sites is 1. The maximum absolute atomic E-state index is 11.9. The first-order valence-electron chi connectivity index (χ1n) is 6.53. The monoisotopic (exact) mass is 331 g/mol. The Kier molecular flexibility index (Phi) is 4.31. The van der Waals surface area contributed by atoms with Crippen LogP contribution >= 0.6 is 23.6 Å². The molecular weight excluding hydrogens is 318 g/mol. The molecule has 0 saturated carbocycles. The van der Waals surface area contributed by atoms with Crippen LogP contribution in [-0.4, -0.2) is 20.4 Å². The van der Waals surface area contributed by atoms with Crippen LogP contribution in [0.25, 0.3) is 4.96 Å². The van der Waals surface area contributed by atoms with Gasteiger partial charge in [0.1, 0.15) is 0 Å². The van der Waals surface area contributed by atoms with E-state index in [0.717, 1.165) is 10.6 Å². The Morgan fingerprint density at radius 3 is 2.86 bits per heavy atom. The van der Waals surface area contributed by atoms with Crippen molar-refractivity contribution in [1.29, 1.82) is 0 Å². The van der Waals surface area contributed by atoms with Gasteiger partial charge >= 0.3 is 0 Å². The standard InChI is InChI=1S/C14H13N5OS2/c20-12(8-11-9-19-6-7-22-14(19)16-11)17-18-13(21)15-10-4-2-1-3-5-10/h1-7,9H,8H2,(H,17,20)(H2,15,18,21). The summed E-state index contributed by atoms with van der Waals surface area (Å²) in [7, 11) is 0. The Morgan fingerprint density at radius 2 is 2.09 bits per heavy atom. The number of aromatic nitrogens is 2. The van der Waals surface area contributed by atoms with Crippen LogP contribution in [0.2, 0.25) is 0 Å². The predicted molar refractivity (Wildman–Crippen MR) is 90.7 cm³/mol. The van der Waals surface area contributed by atoms with Crippen LogP contribution in [0.4, 0.5) is 5.69 Å². The van der Waals surface area contributed by atoms with Crippen molar-refractivity contribution >= 4 is 45.2 Å². The smallest absolute Gasteiger partial charge is 0.244 e. The zero-order valence-electron chi connectivity index (χ0n) is 11.4. The molecule has 2 aromatic heterocycles. The van der Waals surface area contributed by atoms with Gasteiger partial charge in [-0.05, 0) is 24.4 Å². The summed E-state index contributed by atoms with van der Waals surface area (Å²) in [5, 5.41) is 5.24. The maximum atomic E-state index is 11.9. The molecule has 3 N–H and O–H groups in total. The highest BCUT2D eigenvalue weighted by atomic mass is 32.1. The molecule has 0 bridgehead atoms. The molecule has 1 aromatic carbocycles. The number of anilines is 1. The molecule has 0 unspecified atom stereocenters. The van der Waals surface area contributed by atoms with Gasteiger partial charge in [0.25, 0.3) is 0 Å². The Bertz CT molecular complexity index is 767. The van der Waals surface area contributed by atoms with E-state index in [-0.39, 0.29) is 12.3 Å². The summed E-state index contributed by atoms with van der Waals surface area (Å²) >= 11 is 6.63. The van der Waals surface area contributed by atoms with Crippen molar-refractivity contribution in [1.82, 2.24) is 20.2 Å². The van der Waals surface area contributed by atoms with Gasteiger partial charge in [-0.3, -0.25) is 20.0 Å². The summed E-state index contributed by atoms with van der Waals surface area (Å²) in [6.07, 6.45) is 3.94. The zero-order valence-corrected chi connectivity index (χ0v) is 13.1. The van der Waals surface area contributed by atoms with Gasteiger partial charge in [-0.2, -0.15) is 0 Å². The van der Waals surface area contributed by atoms with Gasteiger partial charge in [0.05, 0.1) is 12.1 Å². The molecule has 1 amide bonds. The van der Waals surface area contributed by atoms with Crippen LogP contribution in [-0.2, 0) is 11.2 Å². The van der Waals surface area contributed by atoms with Gasteiger partial charge in [-0.1, -0.05) is 18.2 Å². The van der Waals surface area contributed by atoms with Crippen LogP contribution in [0.3, 0.4) is 0 Å². The lowest BCUT2D eigenvalue weighted by molar-refractivity contribution is -0.121. The number of hydrogen-bond acceptors (Lipinski definition) is 4. The normalized spacial score (nSPS) is 10.4. The van der Waals surface area contributed by atoms with Crippen molar-refractivity contribution in [2.45, 2.75) is 6.42 Å². The molecule has 3 aromatic rings. The number of thiocarbonyl (C=S) groups is 1. The SMILES string of the molecule is O=C(Cc1cn2ccsc2n1)NNC(=S)Nc1ccccc1. The van der Waals surface area contributed by atoms with Crippen LogP contribution in [0.5, 0.6) is 0 Å². The molecule has 0 spiro atoms. The molecule has 0 radical (unpaired) electrons. The van der Waals surface area contributed by atoms with E-state index >= 15 is 0 Å². The van der Waals surface area contributed by atoms with Crippen molar-refractivity contribution in [3.63, 3.8) is 0 Å². The average Bonchev–Trinajstić information content (AvgIpc) is 3.07. The second-order valence-electron chi connectivity index (χ2n) is 4.50. The quantitative estimate of drug-likeness (QED) is 0.505. The number of hydrazine groups is 1. The van der Waals surface area contributed by atoms with E-state index in [9.17, 15) is 4.79 Å². The molecule has 6 nitrogen and oxygen atoms in total. The number of carbonyl (C=O) groups excluding carboxylic acids is 1. The number of imidazole rings is 1. The van der Waals surface area contributed by atoms with Crippen LogP contribution in [0.1, 0.15) is 5.69 Å². The highest BCUT2D eigenvalue weighted by Gasteiger charge is 2.08. The largest absolute Gasteiger partial charge is 0.331 e. The fraction of sp³-hybridized carbons (Fsp3) is 0.0714. The van der Waals surface area contributed by atoms with Crippen molar-refractivity contribution in [2.24, 2.45) is 0 Å². The van der Waals surface area contributed by atoms with Crippen molar-refractivity contribution in [2.75, 3.05) is 5.32 Å². The van der Waals surface area contributed by atoms with Crippen LogP contribution < -0.4 is 16.2 Å². The average molecular weight is 331 g/mol. The highest BCUT2D eigenvalue weighted by Crippen LogP contribution is 2.11. The predicted octanol–water partition coefficient (Wildman–Crippen LogP) is 1.96. The van der Waals surface area contributed by atoms with Crippen molar-refractivity contribution in [3.05, 3.63) is 53.8 Å². The molecule has 0 aliphatic rings.